The van der Waals surface area contributed by atoms with Gasteiger partial charge in [0.1, 0.15) is 5.69 Å². The SMILES string of the molecule is CN(c1nccc(C(F)(F)F)n1)C1CCN(Cc2ccccc2C#N)C1. The first-order valence-electron chi connectivity index (χ1n) is 8.22. The maximum atomic E-state index is 12.8. The first-order valence-corrected chi connectivity index (χ1v) is 8.22. The van der Waals surface area contributed by atoms with Crippen molar-refractivity contribution >= 4 is 5.95 Å². The van der Waals surface area contributed by atoms with Crippen molar-refractivity contribution in [3.8, 4) is 6.07 Å². The largest absolute Gasteiger partial charge is 0.433 e. The van der Waals surface area contributed by atoms with E-state index in [4.69, 9.17) is 0 Å². The lowest BCUT2D eigenvalue weighted by Crippen LogP contribution is -2.36. The molecule has 1 aliphatic heterocycles. The number of nitriles is 1. The lowest BCUT2D eigenvalue weighted by molar-refractivity contribution is -0.141. The van der Waals surface area contributed by atoms with Crippen molar-refractivity contribution in [2.75, 3.05) is 25.0 Å². The van der Waals surface area contributed by atoms with Crippen molar-refractivity contribution in [2.24, 2.45) is 0 Å². The van der Waals surface area contributed by atoms with E-state index in [1.807, 2.05) is 18.2 Å². The molecule has 5 nitrogen and oxygen atoms in total. The highest BCUT2D eigenvalue weighted by atomic mass is 19.4. The number of alkyl halides is 3. The van der Waals surface area contributed by atoms with Crippen LogP contribution in [0.15, 0.2) is 36.5 Å². The fourth-order valence-corrected chi connectivity index (χ4v) is 3.12. The molecule has 1 saturated heterocycles. The molecule has 1 atom stereocenters. The van der Waals surface area contributed by atoms with Crippen LogP contribution in [0, 0.1) is 11.3 Å². The Labute approximate surface area is 149 Å². The summed E-state index contributed by atoms with van der Waals surface area (Å²) in [5.74, 6) is 0.0732. The van der Waals surface area contributed by atoms with Crippen LogP contribution in [0.4, 0.5) is 19.1 Å². The monoisotopic (exact) mass is 361 g/mol. The molecule has 0 bridgehead atoms. The first kappa shape index (κ1) is 18.1. The van der Waals surface area contributed by atoms with E-state index in [1.54, 1.807) is 18.0 Å². The van der Waals surface area contributed by atoms with Crippen molar-refractivity contribution in [3.63, 3.8) is 0 Å². The Balaban J connectivity index is 1.68. The Hall–Kier alpha value is -2.66. The highest BCUT2D eigenvalue weighted by molar-refractivity contribution is 5.37. The van der Waals surface area contributed by atoms with Crippen LogP contribution >= 0.6 is 0 Å². The number of likely N-dealkylation sites (tertiary alicyclic amines) is 1. The molecule has 8 heteroatoms. The van der Waals surface area contributed by atoms with Gasteiger partial charge < -0.3 is 4.90 Å². The second-order valence-electron chi connectivity index (χ2n) is 6.30. The van der Waals surface area contributed by atoms with Gasteiger partial charge in [-0.3, -0.25) is 4.90 Å². The van der Waals surface area contributed by atoms with Crippen LogP contribution in [0.1, 0.15) is 23.2 Å². The first-order chi connectivity index (χ1) is 12.4. The second kappa shape index (κ2) is 7.30. The van der Waals surface area contributed by atoms with Crippen LogP contribution in [0.25, 0.3) is 0 Å². The molecule has 136 valence electrons. The van der Waals surface area contributed by atoms with Gasteiger partial charge in [-0.25, -0.2) is 9.97 Å². The molecule has 1 aromatic carbocycles. The third-order valence-electron chi connectivity index (χ3n) is 4.58. The van der Waals surface area contributed by atoms with Crippen molar-refractivity contribution < 1.29 is 13.2 Å². The molecule has 0 aliphatic carbocycles. The Bertz CT molecular complexity index is 815. The van der Waals surface area contributed by atoms with Crippen molar-refractivity contribution in [1.82, 2.24) is 14.9 Å². The van der Waals surface area contributed by atoms with Gasteiger partial charge in [-0.1, -0.05) is 18.2 Å². The molecule has 1 unspecified atom stereocenters. The van der Waals surface area contributed by atoms with Gasteiger partial charge in [-0.2, -0.15) is 18.4 Å². The van der Waals surface area contributed by atoms with Crippen LogP contribution < -0.4 is 4.90 Å². The summed E-state index contributed by atoms with van der Waals surface area (Å²) in [6, 6.07) is 10.5. The average molecular weight is 361 g/mol. The summed E-state index contributed by atoms with van der Waals surface area (Å²) in [6.07, 6.45) is -2.55. The van der Waals surface area contributed by atoms with E-state index in [-0.39, 0.29) is 12.0 Å². The fourth-order valence-electron chi connectivity index (χ4n) is 3.12. The van der Waals surface area contributed by atoms with Gasteiger partial charge in [0.15, 0.2) is 0 Å². The van der Waals surface area contributed by atoms with Crippen molar-refractivity contribution in [3.05, 3.63) is 53.3 Å². The van der Waals surface area contributed by atoms with Crippen LogP contribution in [0.2, 0.25) is 0 Å². The number of rotatable bonds is 4. The molecule has 0 spiro atoms. The average Bonchev–Trinajstić information content (AvgIpc) is 3.09. The molecule has 26 heavy (non-hydrogen) atoms. The Kier molecular flexibility index (Phi) is 5.09. The summed E-state index contributed by atoms with van der Waals surface area (Å²) in [5, 5.41) is 9.19. The van der Waals surface area contributed by atoms with E-state index in [0.29, 0.717) is 18.7 Å². The van der Waals surface area contributed by atoms with Gasteiger partial charge in [-0.05, 0) is 24.1 Å². The van der Waals surface area contributed by atoms with Crippen LogP contribution in [-0.4, -0.2) is 41.0 Å². The number of aromatic nitrogens is 2. The van der Waals surface area contributed by atoms with E-state index in [2.05, 4.69) is 20.9 Å². The van der Waals surface area contributed by atoms with Crippen LogP contribution in [-0.2, 0) is 12.7 Å². The van der Waals surface area contributed by atoms with Gasteiger partial charge in [0, 0.05) is 38.9 Å². The van der Waals surface area contributed by atoms with Gasteiger partial charge in [0.25, 0.3) is 0 Å². The summed E-state index contributed by atoms with van der Waals surface area (Å²) >= 11 is 0. The molecule has 1 aromatic heterocycles. The summed E-state index contributed by atoms with van der Waals surface area (Å²) in [6.45, 7) is 2.11. The minimum Gasteiger partial charge on any atom is -0.340 e. The second-order valence-corrected chi connectivity index (χ2v) is 6.30. The molecule has 2 heterocycles. The normalized spacial score (nSPS) is 17.9. The van der Waals surface area contributed by atoms with Crippen LogP contribution in [0.3, 0.4) is 0 Å². The number of likely N-dealkylation sites (N-methyl/N-ethyl adjacent to an activating group) is 1. The number of anilines is 1. The number of halogens is 3. The number of nitrogens with zero attached hydrogens (tertiary/aromatic N) is 5. The van der Waals surface area contributed by atoms with E-state index < -0.39 is 11.9 Å². The molecular formula is C18H18F3N5. The molecule has 0 N–H and O–H groups in total. The molecule has 0 amide bonds. The molecule has 1 fully saturated rings. The van der Waals surface area contributed by atoms with E-state index in [0.717, 1.165) is 30.8 Å². The summed E-state index contributed by atoms with van der Waals surface area (Å²) in [4.78, 5) is 11.5. The zero-order valence-corrected chi connectivity index (χ0v) is 14.2. The predicted molar refractivity (Wildman–Crippen MR) is 90.3 cm³/mol. The quantitative estimate of drug-likeness (QED) is 0.838. The molecule has 0 saturated carbocycles. The molecular weight excluding hydrogens is 343 g/mol. The third kappa shape index (κ3) is 3.94. The summed E-state index contributed by atoms with van der Waals surface area (Å²) in [5.41, 5.74) is 0.659. The Morgan fingerprint density at radius 2 is 2.08 bits per heavy atom. The maximum Gasteiger partial charge on any atom is 0.433 e. The van der Waals surface area contributed by atoms with Crippen LogP contribution in [0.5, 0.6) is 0 Å². The van der Waals surface area contributed by atoms with Gasteiger partial charge >= 0.3 is 6.18 Å². The predicted octanol–water partition coefficient (Wildman–Crippen LogP) is 3.08. The van der Waals surface area contributed by atoms with Crippen molar-refractivity contribution in [2.45, 2.75) is 25.2 Å². The van der Waals surface area contributed by atoms with Gasteiger partial charge in [0.05, 0.1) is 11.6 Å². The Morgan fingerprint density at radius 3 is 2.81 bits per heavy atom. The van der Waals surface area contributed by atoms with E-state index in [1.165, 1.54) is 0 Å². The number of hydrogen-bond acceptors (Lipinski definition) is 5. The summed E-state index contributed by atoms with van der Waals surface area (Å²) < 4.78 is 38.5. The minimum absolute atomic E-state index is 0.0210. The molecule has 3 rings (SSSR count). The standard InChI is InChI=1S/C18H18F3N5/c1-25(17-23-8-6-16(24-17)18(19,20)21)15-7-9-26(12-15)11-14-5-3-2-4-13(14)10-22/h2-6,8,15H,7,9,11-12H2,1H3. The molecule has 0 radical (unpaired) electrons. The van der Waals surface area contributed by atoms with Gasteiger partial charge in [-0.15, -0.1) is 0 Å². The number of hydrogen-bond donors (Lipinski definition) is 0. The van der Waals surface area contributed by atoms with Gasteiger partial charge in [0.2, 0.25) is 5.95 Å². The zero-order chi connectivity index (χ0) is 18.7. The highest BCUT2D eigenvalue weighted by Crippen LogP contribution is 2.29. The number of benzene rings is 1. The minimum atomic E-state index is -4.48. The van der Waals surface area contributed by atoms with E-state index >= 15 is 0 Å². The molecule has 2 aromatic rings. The Morgan fingerprint density at radius 1 is 1.31 bits per heavy atom. The maximum absolute atomic E-state index is 12.8. The van der Waals surface area contributed by atoms with Crippen molar-refractivity contribution in [1.29, 1.82) is 5.26 Å². The third-order valence-corrected chi connectivity index (χ3v) is 4.58. The topological polar surface area (TPSA) is 56.1 Å². The lowest BCUT2D eigenvalue weighted by Gasteiger charge is -2.25. The molecule has 1 aliphatic rings. The fraction of sp³-hybridized carbons (Fsp3) is 0.389. The zero-order valence-electron chi connectivity index (χ0n) is 14.2. The lowest BCUT2D eigenvalue weighted by atomic mass is 10.1. The highest BCUT2D eigenvalue weighted by Gasteiger charge is 2.34. The van der Waals surface area contributed by atoms with E-state index in [9.17, 15) is 18.4 Å². The smallest absolute Gasteiger partial charge is 0.340 e. The summed E-state index contributed by atoms with van der Waals surface area (Å²) in [7, 11) is 1.72.